The maximum atomic E-state index is 12.7. The summed E-state index contributed by atoms with van der Waals surface area (Å²) >= 11 is 0. The lowest BCUT2D eigenvalue weighted by atomic mass is 10.0. The lowest BCUT2D eigenvalue weighted by molar-refractivity contribution is 0.102. The number of aromatic nitrogens is 6. The minimum Gasteiger partial charge on any atom is -0.494 e. The van der Waals surface area contributed by atoms with Gasteiger partial charge in [0, 0.05) is 31.3 Å². The van der Waals surface area contributed by atoms with Crippen LogP contribution in [0.1, 0.15) is 10.4 Å². The molecule has 3 heterocycles. The summed E-state index contributed by atoms with van der Waals surface area (Å²) in [5.41, 5.74) is 4.79. The predicted molar refractivity (Wildman–Crippen MR) is 124 cm³/mol. The van der Waals surface area contributed by atoms with Gasteiger partial charge >= 0.3 is 0 Å². The van der Waals surface area contributed by atoms with Crippen LogP contribution in [0.3, 0.4) is 0 Å². The van der Waals surface area contributed by atoms with Crippen LogP contribution in [0.5, 0.6) is 5.75 Å². The van der Waals surface area contributed by atoms with Crippen LogP contribution < -0.4 is 10.1 Å². The lowest BCUT2D eigenvalue weighted by Crippen LogP contribution is -2.12. The number of nitrogens with one attached hydrogen (secondary N) is 2. The zero-order chi connectivity index (χ0) is 22.9. The summed E-state index contributed by atoms with van der Waals surface area (Å²) in [6.07, 6.45) is 5.03. The molecular formula is C23H23N7O3. The van der Waals surface area contributed by atoms with Crippen LogP contribution in [-0.4, -0.2) is 56.3 Å². The summed E-state index contributed by atoms with van der Waals surface area (Å²) in [4.78, 5) is 20.6. The van der Waals surface area contributed by atoms with Crippen molar-refractivity contribution in [3.8, 4) is 16.9 Å². The average Bonchev–Trinajstić information content (AvgIpc) is 3.55. The van der Waals surface area contributed by atoms with Crippen LogP contribution in [0.15, 0.2) is 48.9 Å². The Hall–Kier alpha value is -4.18. The van der Waals surface area contributed by atoms with E-state index in [0.717, 1.165) is 22.0 Å². The Morgan fingerprint density at radius 2 is 2.03 bits per heavy atom. The average molecular weight is 445 g/mol. The van der Waals surface area contributed by atoms with E-state index in [4.69, 9.17) is 9.47 Å². The van der Waals surface area contributed by atoms with E-state index in [1.165, 1.54) is 6.20 Å². The van der Waals surface area contributed by atoms with Crippen LogP contribution in [0.4, 0.5) is 5.95 Å². The molecule has 3 aromatic heterocycles. The second kappa shape index (κ2) is 8.40. The number of ether oxygens (including phenoxy) is 2. The fraction of sp³-hybridized carbons (Fsp3) is 0.217. The summed E-state index contributed by atoms with van der Waals surface area (Å²) < 4.78 is 14.1. The summed E-state index contributed by atoms with van der Waals surface area (Å²) in [5.74, 6) is 0.652. The number of H-pyrrole nitrogens is 1. The third kappa shape index (κ3) is 3.80. The first-order valence-corrected chi connectivity index (χ1v) is 10.4. The van der Waals surface area contributed by atoms with Crippen LogP contribution in [0.2, 0.25) is 0 Å². The molecule has 0 aliphatic heterocycles. The molecule has 0 fully saturated rings. The zero-order valence-electron chi connectivity index (χ0n) is 18.5. The highest BCUT2D eigenvalue weighted by molar-refractivity contribution is 6.05. The molecule has 2 aromatic carbocycles. The Labute approximate surface area is 189 Å². The van der Waals surface area contributed by atoms with Gasteiger partial charge in [0.1, 0.15) is 16.8 Å². The molecule has 0 saturated heterocycles. The molecule has 0 bridgehead atoms. The number of fused-ring (bicyclic) bond motifs is 2. The van der Waals surface area contributed by atoms with Gasteiger partial charge in [0.2, 0.25) is 5.95 Å². The molecule has 0 saturated carbocycles. The number of anilines is 1. The van der Waals surface area contributed by atoms with Crippen LogP contribution in [0.25, 0.3) is 33.1 Å². The van der Waals surface area contributed by atoms with Gasteiger partial charge in [0.05, 0.1) is 43.7 Å². The molecule has 33 heavy (non-hydrogen) atoms. The van der Waals surface area contributed by atoms with Crippen LogP contribution in [-0.2, 0) is 18.3 Å². The number of nitrogens with zero attached hydrogens (tertiary/aromatic N) is 5. The molecule has 2 N–H and O–H groups in total. The topological polar surface area (TPSA) is 112 Å². The fourth-order valence-corrected chi connectivity index (χ4v) is 3.83. The van der Waals surface area contributed by atoms with Gasteiger partial charge in [-0.05, 0) is 29.8 Å². The van der Waals surface area contributed by atoms with Gasteiger partial charge in [-0.15, -0.1) is 0 Å². The monoisotopic (exact) mass is 445 g/mol. The molecule has 168 valence electrons. The number of aryl methyl sites for hydroxylation is 1. The maximum absolute atomic E-state index is 12.7. The molecule has 0 aliphatic rings. The summed E-state index contributed by atoms with van der Waals surface area (Å²) in [7, 11) is 5.14. The van der Waals surface area contributed by atoms with E-state index in [1.807, 2.05) is 42.2 Å². The van der Waals surface area contributed by atoms with E-state index in [-0.39, 0.29) is 5.91 Å². The van der Waals surface area contributed by atoms with E-state index in [2.05, 4.69) is 31.5 Å². The van der Waals surface area contributed by atoms with Crippen LogP contribution >= 0.6 is 0 Å². The number of carbonyl (C=O) groups is 1. The van der Waals surface area contributed by atoms with Crippen molar-refractivity contribution < 1.29 is 14.3 Å². The van der Waals surface area contributed by atoms with Crippen LogP contribution in [0, 0.1) is 0 Å². The number of imidazole rings is 1. The number of hydrogen-bond acceptors (Lipinski definition) is 6. The maximum Gasteiger partial charge on any atom is 0.261 e. The molecule has 0 atom stereocenters. The van der Waals surface area contributed by atoms with Gasteiger partial charge in [0.25, 0.3) is 5.91 Å². The van der Waals surface area contributed by atoms with Crippen molar-refractivity contribution in [2.45, 2.75) is 6.54 Å². The van der Waals surface area contributed by atoms with Gasteiger partial charge in [0.15, 0.2) is 0 Å². The second-order valence-corrected chi connectivity index (χ2v) is 7.61. The van der Waals surface area contributed by atoms with E-state index >= 15 is 0 Å². The number of methoxy groups -OCH3 is 2. The third-order valence-electron chi connectivity index (χ3n) is 5.54. The molecule has 1 amide bonds. The molecule has 0 radical (unpaired) electrons. The molecule has 0 spiro atoms. The van der Waals surface area contributed by atoms with Gasteiger partial charge in [-0.25, -0.2) is 4.98 Å². The van der Waals surface area contributed by atoms with Crippen molar-refractivity contribution in [1.82, 2.24) is 29.5 Å². The van der Waals surface area contributed by atoms with Crippen molar-refractivity contribution in [3.05, 3.63) is 54.5 Å². The molecule has 10 heteroatoms. The predicted octanol–water partition coefficient (Wildman–Crippen LogP) is 3.22. The standard InChI is InChI=1S/C23H23N7O3/c1-29-18-6-4-14(10-15(18)11-24-29)17-5-7-19(33-3)21-20(17)26-23(27-21)28-22(31)16-12-25-30(13-16)8-9-32-2/h4-7,10-13H,8-9H2,1-3H3,(H2,26,27,28,31). The van der Waals surface area contributed by atoms with Crippen molar-refractivity contribution in [2.24, 2.45) is 7.05 Å². The lowest BCUT2D eigenvalue weighted by Gasteiger charge is -2.06. The minimum atomic E-state index is -0.310. The first kappa shape index (κ1) is 20.7. The molecule has 0 aliphatic carbocycles. The first-order valence-electron chi connectivity index (χ1n) is 10.4. The summed E-state index contributed by atoms with van der Waals surface area (Å²) in [5, 5.41) is 12.4. The highest BCUT2D eigenvalue weighted by Crippen LogP contribution is 2.35. The van der Waals surface area contributed by atoms with Gasteiger partial charge < -0.3 is 14.5 Å². The zero-order valence-corrected chi connectivity index (χ0v) is 18.5. The number of aromatic amines is 1. The number of benzene rings is 2. The Balaban J connectivity index is 1.49. The second-order valence-electron chi connectivity index (χ2n) is 7.61. The van der Waals surface area contributed by atoms with E-state index in [9.17, 15) is 4.79 Å². The van der Waals surface area contributed by atoms with Gasteiger partial charge in [-0.2, -0.15) is 10.2 Å². The van der Waals surface area contributed by atoms with Gasteiger partial charge in [-0.1, -0.05) is 6.07 Å². The largest absolute Gasteiger partial charge is 0.494 e. The number of carbonyl (C=O) groups excluding carboxylic acids is 1. The van der Waals surface area contributed by atoms with Crippen molar-refractivity contribution >= 4 is 33.8 Å². The minimum absolute atomic E-state index is 0.310. The summed E-state index contributed by atoms with van der Waals surface area (Å²) in [6, 6.07) is 9.99. The third-order valence-corrected chi connectivity index (χ3v) is 5.54. The van der Waals surface area contributed by atoms with E-state index in [0.29, 0.717) is 41.4 Å². The Morgan fingerprint density at radius 3 is 2.85 bits per heavy atom. The van der Waals surface area contributed by atoms with Crippen molar-refractivity contribution in [2.75, 3.05) is 26.1 Å². The van der Waals surface area contributed by atoms with E-state index in [1.54, 1.807) is 25.1 Å². The smallest absolute Gasteiger partial charge is 0.261 e. The fourth-order valence-electron chi connectivity index (χ4n) is 3.83. The Bertz CT molecular complexity index is 1460. The highest BCUT2D eigenvalue weighted by atomic mass is 16.5. The number of rotatable bonds is 7. The molecular weight excluding hydrogens is 422 g/mol. The van der Waals surface area contributed by atoms with Crippen molar-refractivity contribution in [3.63, 3.8) is 0 Å². The molecule has 5 aromatic rings. The first-order chi connectivity index (χ1) is 16.1. The summed E-state index contributed by atoms with van der Waals surface area (Å²) in [6.45, 7) is 1.08. The molecule has 0 unspecified atom stereocenters. The molecule has 10 nitrogen and oxygen atoms in total. The van der Waals surface area contributed by atoms with E-state index < -0.39 is 0 Å². The Morgan fingerprint density at radius 1 is 1.15 bits per heavy atom. The number of hydrogen-bond donors (Lipinski definition) is 2. The SMILES string of the molecule is COCCn1cc(C(=O)Nc2nc3c(-c4ccc5c(cnn5C)c4)ccc(OC)c3[nH]2)cn1. The Kier molecular flexibility index (Phi) is 5.27. The quantitative estimate of drug-likeness (QED) is 0.398. The number of amides is 1. The van der Waals surface area contributed by atoms with Gasteiger partial charge in [-0.3, -0.25) is 19.5 Å². The molecule has 5 rings (SSSR count). The normalized spacial score (nSPS) is 11.4. The highest BCUT2D eigenvalue weighted by Gasteiger charge is 2.17. The van der Waals surface area contributed by atoms with Crippen molar-refractivity contribution in [1.29, 1.82) is 0 Å².